The predicted molar refractivity (Wildman–Crippen MR) is 80.5 cm³/mol. The van der Waals surface area contributed by atoms with E-state index in [1.54, 1.807) is 0 Å². The molecule has 0 bridgehead atoms. The maximum absolute atomic E-state index is 9.47. The Morgan fingerprint density at radius 3 is 2.42 bits per heavy atom. The molecule has 1 aliphatic carbocycles. The molecule has 114 valence electrons. The third-order valence-electron chi connectivity index (χ3n) is 3.92. The summed E-state index contributed by atoms with van der Waals surface area (Å²) in [6, 6.07) is 0.635. The largest absolute Gasteiger partial charge is 0.394 e. The molecule has 0 amide bonds. The van der Waals surface area contributed by atoms with Crippen molar-refractivity contribution < 1.29 is 9.84 Å². The first-order chi connectivity index (χ1) is 9.20. The van der Waals surface area contributed by atoms with Crippen LogP contribution in [-0.4, -0.2) is 36.5 Å². The minimum Gasteiger partial charge on any atom is -0.394 e. The lowest BCUT2D eigenvalue weighted by Crippen LogP contribution is -2.47. The van der Waals surface area contributed by atoms with E-state index in [0.717, 1.165) is 19.6 Å². The second-order valence-corrected chi connectivity index (χ2v) is 6.27. The number of hydrogen-bond acceptors (Lipinski definition) is 3. The molecule has 0 aliphatic heterocycles. The molecule has 1 saturated carbocycles. The summed E-state index contributed by atoms with van der Waals surface area (Å²) < 4.78 is 5.69. The van der Waals surface area contributed by atoms with Crippen LogP contribution >= 0.6 is 0 Å². The number of aliphatic hydroxyl groups is 1. The minimum atomic E-state index is -0.151. The van der Waals surface area contributed by atoms with Gasteiger partial charge in [0.05, 0.1) is 6.61 Å². The number of rotatable bonds is 13. The summed E-state index contributed by atoms with van der Waals surface area (Å²) in [5, 5.41) is 13.0. The molecule has 1 atom stereocenters. The molecule has 3 nitrogen and oxygen atoms in total. The lowest BCUT2D eigenvalue weighted by molar-refractivity contribution is 0.0839. The maximum atomic E-state index is 9.47. The summed E-state index contributed by atoms with van der Waals surface area (Å²) in [4.78, 5) is 0. The number of aliphatic hydroxyl groups excluding tert-OH is 1. The fraction of sp³-hybridized carbons (Fsp3) is 1.00. The monoisotopic (exact) mass is 271 g/mol. The molecule has 1 rings (SSSR count). The molecule has 0 radical (unpaired) electrons. The van der Waals surface area contributed by atoms with E-state index in [-0.39, 0.29) is 12.1 Å². The molecule has 0 aromatic carbocycles. The maximum Gasteiger partial charge on any atom is 0.0611 e. The Bertz CT molecular complexity index is 219. The van der Waals surface area contributed by atoms with Crippen LogP contribution in [0.3, 0.4) is 0 Å². The van der Waals surface area contributed by atoms with Crippen LogP contribution in [0.4, 0.5) is 0 Å². The van der Waals surface area contributed by atoms with Crippen molar-refractivity contribution in [1.82, 2.24) is 5.32 Å². The van der Waals surface area contributed by atoms with Crippen LogP contribution in [0.5, 0.6) is 0 Å². The summed E-state index contributed by atoms with van der Waals surface area (Å²) in [7, 11) is 0. The van der Waals surface area contributed by atoms with Gasteiger partial charge in [-0.05, 0) is 32.6 Å². The molecular weight excluding hydrogens is 238 g/mol. The highest BCUT2D eigenvalue weighted by Crippen LogP contribution is 2.23. The third kappa shape index (κ3) is 8.61. The Morgan fingerprint density at radius 1 is 1.11 bits per heavy atom. The van der Waals surface area contributed by atoms with Crippen molar-refractivity contribution in [2.45, 2.75) is 83.2 Å². The average molecular weight is 271 g/mol. The molecule has 3 heteroatoms. The molecule has 1 fully saturated rings. The van der Waals surface area contributed by atoms with E-state index >= 15 is 0 Å². The Labute approximate surface area is 119 Å². The van der Waals surface area contributed by atoms with Crippen molar-refractivity contribution in [3.63, 3.8) is 0 Å². The van der Waals surface area contributed by atoms with Gasteiger partial charge in [-0.2, -0.15) is 0 Å². The van der Waals surface area contributed by atoms with Crippen LogP contribution in [0, 0.1) is 0 Å². The van der Waals surface area contributed by atoms with E-state index in [4.69, 9.17) is 4.74 Å². The normalized spacial score (nSPS) is 18.5. The van der Waals surface area contributed by atoms with Crippen molar-refractivity contribution in [3.8, 4) is 0 Å². The van der Waals surface area contributed by atoms with Crippen molar-refractivity contribution in [3.05, 3.63) is 0 Å². The van der Waals surface area contributed by atoms with E-state index in [1.807, 2.05) is 0 Å². The van der Waals surface area contributed by atoms with Gasteiger partial charge < -0.3 is 15.2 Å². The van der Waals surface area contributed by atoms with Gasteiger partial charge in [0.2, 0.25) is 0 Å². The standard InChI is InChI=1S/C16H33NO2/c1-3-4-5-6-7-8-12-19-13-11-16(2,14-18)17-15-9-10-15/h15,17-18H,3-14H2,1-2H3. The van der Waals surface area contributed by atoms with Crippen LogP contribution in [0.25, 0.3) is 0 Å². The van der Waals surface area contributed by atoms with E-state index in [1.165, 1.54) is 51.4 Å². The molecule has 1 unspecified atom stereocenters. The summed E-state index contributed by atoms with van der Waals surface area (Å²) in [6.45, 7) is 6.17. The second kappa shape index (κ2) is 9.73. The SMILES string of the molecule is CCCCCCCCOCCC(C)(CO)NC1CC1. The van der Waals surface area contributed by atoms with Crippen LogP contribution in [0.1, 0.15) is 71.6 Å². The van der Waals surface area contributed by atoms with Gasteiger partial charge in [0.25, 0.3) is 0 Å². The lowest BCUT2D eigenvalue weighted by Gasteiger charge is -2.28. The zero-order valence-corrected chi connectivity index (χ0v) is 12.9. The summed E-state index contributed by atoms with van der Waals surface area (Å²) in [5.41, 5.74) is -0.151. The highest BCUT2D eigenvalue weighted by Gasteiger charge is 2.31. The number of unbranched alkanes of at least 4 members (excludes halogenated alkanes) is 5. The van der Waals surface area contributed by atoms with Crippen molar-refractivity contribution in [2.24, 2.45) is 0 Å². The zero-order valence-electron chi connectivity index (χ0n) is 12.9. The van der Waals surface area contributed by atoms with Crippen molar-refractivity contribution >= 4 is 0 Å². The van der Waals surface area contributed by atoms with Crippen molar-refractivity contribution in [2.75, 3.05) is 19.8 Å². The highest BCUT2D eigenvalue weighted by atomic mass is 16.5. The third-order valence-corrected chi connectivity index (χ3v) is 3.92. The number of nitrogens with one attached hydrogen (secondary N) is 1. The number of hydrogen-bond donors (Lipinski definition) is 2. The van der Waals surface area contributed by atoms with Crippen LogP contribution < -0.4 is 5.32 Å². The van der Waals surface area contributed by atoms with Gasteiger partial charge in [0.1, 0.15) is 0 Å². The second-order valence-electron chi connectivity index (χ2n) is 6.27. The van der Waals surface area contributed by atoms with Gasteiger partial charge in [0, 0.05) is 24.8 Å². The van der Waals surface area contributed by atoms with E-state index < -0.39 is 0 Å². The summed E-state index contributed by atoms with van der Waals surface area (Å²) in [6.07, 6.45) is 11.3. The molecule has 0 heterocycles. The topological polar surface area (TPSA) is 41.5 Å². The van der Waals surface area contributed by atoms with Crippen LogP contribution in [-0.2, 0) is 4.74 Å². The van der Waals surface area contributed by atoms with Gasteiger partial charge >= 0.3 is 0 Å². The molecular formula is C16H33NO2. The fourth-order valence-corrected chi connectivity index (χ4v) is 2.30. The molecule has 0 saturated heterocycles. The van der Waals surface area contributed by atoms with Gasteiger partial charge in [-0.15, -0.1) is 0 Å². The fourth-order valence-electron chi connectivity index (χ4n) is 2.30. The average Bonchev–Trinajstić information content (AvgIpc) is 3.20. The van der Waals surface area contributed by atoms with Gasteiger partial charge in [-0.3, -0.25) is 0 Å². The molecule has 0 aromatic heterocycles. The Morgan fingerprint density at radius 2 is 1.79 bits per heavy atom. The first-order valence-electron chi connectivity index (χ1n) is 8.16. The molecule has 0 aromatic rings. The van der Waals surface area contributed by atoms with E-state index in [9.17, 15) is 5.11 Å². The molecule has 19 heavy (non-hydrogen) atoms. The Hall–Kier alpha value is -0.120. The van der Waals surface area contributed by atoms with E-state index in [0.29, 0.717) is 6.04 Å². The van der Waals surface area contributed by atoms with Crippen LogP contribution in [0.2, 0.25) is 0 Å². The van der Waals surface area contributed by atoms with Gasteiger partial charge in [0.15, 0.2) is 0 Å². The minimum absolute atomic E-state index is 0.151. The molecule has 1 aliphatic rings. The number of ether oxygens (including phenoxy) is 1. The summed E-state index contributed by atoms with van der Waals surface area (Å²) in [5.74, 6) is 0. The van der Waals surface area contributed by atoms with Gasteiger partial charge in [-0.1, -0.05) is 39.0 Å². The van der Waals surface area contributed by atoms with Crippen molar-refractivity contribution in [1.29, 1.82) is 0 Å². The Kier molecular flexibility index (Phi) is 8.67. The zero-order chi connectivity index (χ0) is 14.0. The lowest BCUT2D eigenvalue weighted by atomic mass is 9.99. The summed E-state index contributed by atoms with van der Waals surface area (Å²) >= 11 is 0. The first-order valence-corrected chi connectivity index (χ1v) is 8.16. The predicted octanol–water partition coefficient (Wildman–Crippen LogP) is 3.26. The van der Waals surface area contributed by atoms with Crippen LogP contribution in [0.15, 0.2) is 0 Å². The quantitative estimate of drug-likeness (QED) is 0.505. The smallest absolute Gasteiger partial charge is 0.0611 e. The molecule has 0 spiro atoms. The Balaban J connectivity index is 1.90. The highest BCUT2D eigenvalue weighted by molar-refractivity contribution is 4.92. The van der Waals surface area contributed by atoms with E-state index in [2.05, 4.69) is 19.2 Å². The molecule has 2 N–H and O–H groups in total. The first kappa shape index (κ1) is 16.9. The van der Waals surface area contributed by atoms with Gasteiger partial charge in [-0.25, -0.2) is 0 Å².